The SMILES string of the molecule is CC[C@@H]1c2nncn2-c2c(C)nc(-n3ccnc3-c3cccc(Cl)c3)nc2N1C(C)C. The second kappa shape index (κ2) is 7.46. The van der Waals surface area contributed by atoms with Crippen LogP contribution in [0, 0.1) is 6.92 Å². The van der Waals surface area contributed by atoms with Crippen molar-refractivity contribution in [3.05, 3.63) is 59.5 Å². The van der Waals surface area contributed by atoms with Gasteiger partial charge < -0.3 is 4.90 Å². The normalized spacial score (nSPS) is 15.3. The van der Waals surface area contributed by atoms with E-state index in [1.165, 1.54) is 0 Å². The van der Waals surface area contributed by atoms with Gasteiger partial charge in [-0.05, 0) is 39.3 Å². The Bertz CT molecular complexity index is 1260. The molecule has 1 atom stereocenters. The number of anilines is 1. The number of aryl methyl sites for hydroxylation is 1. The van der Waals surface area contributed by atoms with Crippen LogP contribution in [0.3, 0.4) is 0 Å². The highest BCUT2D eigenvalue weighted by Gasteiger charge is 2.36. The lowest BCUT2D eigenvalue weighted by Crippen LogP contribution is -2.41. The summed E-state index contributed by atoms with van der Waals surface area (Å²) in [6.45, 7) is 8.50. The van der Waals surface area contributed by atoms with Crippen LogP contribution >= 0.6 is 11.6 Å². The van der Waals surface area contributed by atoms with E-state index in [9.17, 15) is 0 Å². The monoisotopic (exact) mass is 434 g/mol. The lowest BCUT2D eigenvalue weighted by Gasteiger charge is -2.40. The number of rotatable bonds is 4. The molecule has 158 valence electrons. The van der Waals surface area contributed by atoms with E-state index in [-0.39, 0.29) is 12.1 Å². The molecule has 0 unspecified atom stereocenters. The molecule has 4 aromatic rings. The summed E-state index contributed by atoms with van der Waals surface area (Å²) in [6, 6.07) is 7.95. The zero-order valence-corrected chi connectivity index (χ0v) is 18.6. The summed E-state index contributed by atoms with van der Waals surface area (Å²) >= 11 is 6.21. The van der Waals surface area contributed by atoms with E-state index in [2.05, 4.69) is 40.9 Å². The second-order valence-electron chi connectivity index (χ2n) is 7.90. The van der Waals surface area contributed by atoms with Gasteiger partial charge in [0.2, 0.25) is 5.95 Å². The van der Waals surface area contributed by atoms with Gasteiger partial charge in [-0.2, -0.15) is 4.98 Å². The summed E-state index contributed by atoms with van der Waals surface area (Å²) in [7, 11) is 0. The predicted octanol–water partition coefficient (Wildman–Crippen LogP) is 4.55. The van der Waals surface area contributed by atoms with Crippen LogP contribution in [0.1, 0.15) is 44.8 Å². The summed E-state index contributed by atoms with van der Waals surface area (Å²) in [5, 5.41) is 9.24. The molecule has 1 aliphatic heterocycles. The molecule has 0 saturated carbocycles. The van der Waals surface area contributed by atoms with Crippen molar-refractivity contribution in [2.24, 2.45) is 0 Å². The van der Waals surface area contributed by atoms with Gasteiger partial charge in [-0.25, -0.2) is 9.97 Å². The molecule has 9 heteroatoms. The van der Waals surface area contributed by atoms with E-state index in [1.807, 2.05) is 46.5 Å². The fraction of sp³-hybridized carbons (Fsp3) is 0.318. The Morgan fingerprint density at radius 2 is 2.00 bits per heavy atom. The molecule has 0 aliphatic carbocycles. The number of aromatic nitrogens is 7. The molecule has 0 radical (unpaired) electrons. The molecule has 1 aromatic carbocycles. The number of hydrogen-bond donors (Lipinski definition) is 0. The molecule has 3 aromatic heterocycles. The third-order valence-corrected chi connectivity index (χ3v) is 5.84. The Morgan fingerprint density at radius 3 is 2.74 bits per heavy atom. The zero-order valence-electron chi connectivity index (χ0n) is 17.9. The van der Waals surface area contributed by atoms with Crippen LogP contribution in [0.25, 0.3) is 23.0 Å². The van der Waals surface area contributed by atoms with Gasteiger partial charge in [0.25, 0.3) is 0 Å². The zero-order chi connectivity index (χ0) is 21.7. The van der Waals surface area contributed by atoms with Gasteiger partial charge in [-0.3, -0.25) is 9.13 Å². The number of nitrogens with zero attached hydrogens (tertiary/aromatic N) is 8. The van der Waals surface area contributed by atoms with Gasteiger partial charge in [0.05, 0.1) is 11.7 Å². The van der Waals surface area contributed by atoms with Crippen LogP contribution in [0.5, 0.6) is 0 Å². The van der Waals surface area contributed by atoms with Crippen molar-refractivity contribution in [3.63, 3.8) is 0 Å². The minimum absolute atomic E-state index is 0.0901. The highest BCUT2D eigenvalue weighted by molar-refractivity contribution is 6.30. The molecule has 31 heavy (non-hydrogen) atoms. The average Bonchev–Trinajstić information content (AvgIpc) is 3.41. The molecule has 1 aliphatic rings. The Hall–Kier alpha value is -3.26. The Kier molecular flexibility index (Phi) is 4.74. The lowest BCUT2D eigenvalue weighted by atomic mass is 10.1. The lowest BCUT2D eigenvalue weighted by molar-refractivity contribution is 0.496. The van der Waals surface area contributed by atoms with Crippen molar-refractivity contribution < 1.29 is 0 Å². The Labute approximate surface area is 185 Å². The van der Waals surface area contributed by atoms with Gasteiger partial charge in [-0.1, -0.05) is 30.7 Å². The highest BCUT2D eigenvalue weighted by atomic mass is 35.5. The van der Waals surface area contributed by atoms with E-state index in [0.717, 1.165) is 40.8 Å². The van der Waals surface area contributed by atoms with Gasteiger partial charge in [0.1, 0.15) is 17.8 Å². The summed E-state index contributed by atoms with van der Waals surface area (Å²) in [5.74, 6) is 3.11. The minimum atomic E-state index is 0.0901. The maximum Gasteiger partial charge on any atom is 0.237 e. The summed E-state index contributed by atoms with van der Waals surface area (Å²) in [6.07, 6.45) is 6.27. The molecule has 0 spiro atoms. The molecule has 4 heterocycles. The first-order valence-corrected chi connectivity index (χ1v) is 10.7. The van der Waals surface area contributed by atoms with E-state index in [4.69, 9.17) is 21.6 Å². The Balaban J connectivity index is 1.72. The predicted molar refractivity (Wildman–Crippen MR) is 120 cm³/mol. The largest absolute Gasteiger partial charge is 0.342 e. The summed E-state index contributed by atoms with van der Waals surface area (Å²) in [5.41, 5.74) is 2.68. The topological polar surface area (TPSA) is 77.5 Å². The van der Waals surface area contributed by atoms with Gasteiger partial charge in [0.15, 0.2) is 11.6 Å². The second-order valence-corrected chi connectivity index (χ2v) is 8.33. The van der Waals surface area contributed by atoms with E-state index in [1.54, 1.807) is 12.5 Å². The first-order chi connectivity index (χ1) is 15.0. The number of benzene rings is 1. The molecule has 0 N–H and O–H groups in total. The fourth-order valence-electron chi connectivity index (χ4n) is 4.31. The third kappa shape index (κ3) is 3.09. The minimum Gasteiger partial charge on any atom is -0.342 e. The van der Waals surface area contributed by atoms with Crippen molar-refractivity contribution in [1.82, 2.24) is 34.3 Å². The smallest absolute Gasteiger partial charge is 0.237 e. The van der Waals surface area contributed by atoms with Gasteiger partial charge in [0, 0.05) is 29.0 Å². The van der Waals surface area contributed by atoms with E-state index >= 15 is 0 Å². The molecule has 0 fully saturated rings. The molecule has 8 nitrogen and oxygen atoms in total. The van der Waals surface area contributed by atoms with Crippen molar-refractivity contribution in [3.8, 4) is 23.0 Å². The number of fused-ring (bicyclic) bond motifs is 3. The molecule has 0 saturated heterocycles. The van der Waals surface area contributed by atoms with Crippen LogP contribution in [-0.4, -0.2) is 40.3 Å². The summed E-state index contributed by atoms with van der Waals surface area (Å²) < 4.78 is 3.92. The average molecular weight is 435 g/mol. The molecule has 0 bridgehead atoms. The molecule has 0 amide bonds. The first-order valence-electron chi connectivity index (χ1n) is 10.4. The van der Waals surface area contributed by atoms with Crippen LogP contribution in [0.4, 0.5) is 5.82 Å². The first kappa shape index (κ1) is 19.7. The van der Waals surface area contributed by atoms with Crippen molar-refractivity contribution in [2.45, 2.75) is 46.2 Å². The quantitative estimate of drug-likeness (QED) is 0.469. The maximum atomic E-state index is 6.21. The van der Waals surface area contributed by atoms with Crippen molar-refractivity contribution >= 4 is 17.4 Å². The van der Waals surface area contributed by atoms with Gasteiger partial charge in [-0.15, -0.1) is 10.2 Å². The summed E-state index contributed by atoms with van der Waals surface area (Å²) in [4.78, 5) is 16.7. The van der Waals surface area contributed by atoms with Crippen LogP contribution < -0.4 is 4.90 Å². The van der Waals surface area contributed by atoms with Crippen molar-refractivity contribution in [2.75, 3.05) is 4.90 Å². The fourth-order valence-corrected chi connectivity index (χ4v) is 4.50. The number of halogens is 1. The number of hydrogen-bond acceptors (Lipinski definition) is 6. The van der Waals surface area contributed by atoms with Crippen LogP contribution in [-0.2, 0) is 0 Å². The molecular weight excluding hydrogens is 412 g/mol. The van der Waals surface area contributed by atoms with E-state index < -0.39 is 0 Å². The standard InChI is InChI=1S/C22H23ClN8/c1-5-17-20-28-25-12-30(20)18-14(4)26-22(27-21(18)31(17)13(2)3)29-10-9-24-19(29)15-7-6-8-16(23)11-15/h6-13,17H,5H2,1-4H3/t17-/m1/s1. The maximum absolute atomic E-state index is 6.21. The van der Waals surface area contributed by atoms with Crippen molar-refractivity contribution in [1.29, 1.82) is 0 Å². The number of imidazole rings is 1. The molecular formula is C22H23ClN8. The van der Waals surface area contributed by atoms with E-state index in [0.29, 0.717) is 11.0 Å². The Morgan fingerprint density at radius 1 is 1.16 bits per heavy atom. The third-order valence-electron chi connectivity index (χ3n) is 5.60. The van der Waals surface area contributed by atoms with Gasteiger partial charge >= 0.3 is 0 Å². The van der Waals surface area contributed by atoms with Crippen LogP contribution in [0.2, 0.25) is 5.02 Å². The van der Waals surface area contributed by atoms with Crippen LogP contribution in [0.15, 0.2) is 43.0 Å². The molecule has 5 rings (SSSR count). The highest BCUT2D eigenvalue weighted by Crippen LogP contribution is 2.40.